The number of nitro benzene ring substituents is 1. The first-order chi connectivity index (χ1) is 10.2. The van der Waals surface area contributed by atoms with Gasteiger partial charge >= 0.3 is 11.7 Å². The van der Waals surface area contributed by atoms with E-state index in [0.717, 1.165) is 23.5 Å². The zero-order valence-electron chi connectivity index (χ0n) is 11.2. The number of methoxy groups -OCH3 is 1. The quantitative estimate of drug-likeness (QED) is 0.485. The number of aromatic hydroxyl groups is 1. The van der Waals surface area contributed by atoms with E-state index in [4.69, 9.17) is 11.6 Å². The lowest BCUT2D eigenvalue weighted by Gasteiger charge is -2.37. The Kier molecular flexibility index (Phi) is 4.27. The van der Waals surface area contributed by atoms with E-state index >= 15 is 0 Å². The molecule has 1 heterocycles. The lowest BCUT2D eigenvalue weighted by atomic mass is 10.1. The third-order valence-corrected chi connectivity index (χ3v) is 5.68. The molecule has 1 fully saturated rings. The number of phenols is 1. The molecule has 0 aliphatic carbocycles. The van der Waals surface area contributed by atoms with Crippen molar-refractivity contribution < 1.29 is 28.0 Å². The fourth-order valence-corrected chi connectivity index (χ4v) is 4.28. The molecule has 1 aliphatic heterocycles. The Morgan fingerprint density at radius 3 is 2.64 bits per heavy atom. The average Bonchev–Trinajstić information content (AvgIpc) is 2.35. The van der Waals surface area contributed by atoms with Crippen molar-refractivity contribution in [2.75, 3.05) is 13.7 Å². The first-order valence-corrected chi connectivity index (χ1v) is 7.79. The number of nitro groups is 1. The molecule has 11 heteroatoms. The second-order valence-corrected chi connectivity index (χ2v) is 6.68. The minimum atomic E-state index is -4.38. The zero-order chi connectivity index (χ0) is 16.7. The van der Waals surface area contributed by atoms with E-state index < -0.39 is 43.3 Å². The molecule has 0 amide bonds. The predicted molar refractivity (Wildman–Crippen MR) is 74.1 cm³/mol. The summed E-state index contributed by atoms with van der Waals surface area (Å²) in [4.78, 5) is 20.6. The van der Waals surface area contributed by atoms with Gasteiger partial charge in [0.1, 0.15) is 10.9 Å². The minimum Gasteiger partial charge on any atom is -0.501 e. The third-order valence-electron chi connectivity index (χ3n) is 3.27. The van der Waals surface area contributed by atoms with Crippen molar-refractivity contribution in [2.24, 2.45) is 0 Å². The fourth-order valence-electron chi connectivity index (χ4n) is 2.07. The first-order valence-electron chi connectivity index (χ1n) is 5.97. The van der Waals surface area contributed by atoms with Gasteiger partial charge in [-0.05, 0) is 12.5 Å². The molecule has 1 atom stereocenters. The van der Waals surface area contributed by atoms with Crippen LogP contribution in [0.25, 0.3) is 0 Å². The van der Waals surface area contributed by atoms with Gasteiger partial charge in [0.2, 0.25) is 15.8 Å². The fraction of sp³-hybridized carbons (Fsp3) is 0.364. The molecule has 0 radical (unpaired) electrons. The van der Waals surface area contributed by atoms with E-state index in [1.165, 1.54) is 0 Å². The molecule has 22 heavy (non-hydrogen) atoms. The Bertz CT molecular complexity index is 749. The molecule has 1 aliphatic rings. The second kappa shape index (κ2) is 5.71. The molecule has 2 rings (SSSR count). The average molecular weight is 351 g/mol. The highest BCUT2D eigenvalue weighted by Crippen LogP contribution is 2.41. The summed E-state index contributed by atoms with van der Waals surface area (Å²) >= 11 is 5.77. The van der Waals surface area contributed by atoms with Gasteiger partial charge in [-0.2, -0.15) is 4.31 Å². The Hall–Kier alpha value is -1.91. The second-order valence-electron chi connectivity index (χ2n) is 4.44. The van der Waals surface area contributed by atoms with Crippen molar-refractivity contribution in [1.29, 1.82) is 0 Å². The van der Waals surface area contributed by atoms with Crippen LogP contribution in [0, 0.1) is 10.1 Å². The number of rotatable bonds is 4. The van der Waals surface area contributed by atoms with Crippen molar-refractivity contribution in [3.05, 3.63) is 27.3 Å². The summed E-state index contributed by atoms with van der Waals surface area (Å²) in [5.41, 5.74) is -0.793. The highest BCUT2D eigenvalue weighted by Gasteiger charge is 2.46. The normalized spacial score (nSPS) is 18.5. The summed E-state index contributed by atoms with van der Waals surface area (Å²) < 4.78 is 30.3. The van der Waals surface area contributed by atoms with Gasteiger partial charge in [0, 0.05) is 12.6 Å². The SMILES string of the molecule is COC(=O)C1CCN1S(=O)(=O)c1c(Cl)ccc([N+](=O)[O-])c1O. The van der Waals surface area contributed by atoms with Crippen LogP contribution in [0.5, 0.6) is 5.75 Å². The molecule has 0 spiro atoms. The highest BCUT2D eigenvalue weighted by atomic mass is 35.5. The number of carbonyl (C=O) groups is 1. The van der Waals surface area contributed by atoms with Crippen LogP contribution in [0.3, 0.4) is 0 Å². The molecule has 1 saturated heterocycles. The Morgan fingerprint density at radius 2 is 2.18 bits per heavy atom. The van der Waals surface area contributed by atoms with Crippen LogP contribution in [-0.2, 0) is 19.6 Å². The van der Waals surface area contributed by atoms with E-state index in [2.05, 4.69) is 4.74 Å². The first kappa shape index (κ1) is 16.5. The number of hydrogen-bond acceptors (Lipinski definition) is 7. The van der Waals surface area contributed by atoms with Crippen molar-refractivity contribution in [2.45, 2.75) is 17.4 Å². The standard InChI is InChI=1S/C11H11ClN2O7S/c1-21-11(16)8-4-5-13(8)22(19,20)10-6(12)2-3-7(9(10)15)14(17)18/h2-3,8,15H,4-5H2,1H3. The van der Waals surface area contributed by atoms with Crippen LogP contribution >= 0.6 is 11.6 Å². The largest absolute Gasteiger partial charge is 0.501 e. The molecular weight excluding hydrogens is 340 g/mol. The number of carbonyl (C=O) groups excluding carboxylic acids is 1. The minimum absolute atomic E-state index is 0.0144. The molecular formula is C11H11ClN2O7S. The lowest BCUT2D eigenvalue weighted by molar-refractivity contribution is -0.386. The molecule has 1 aromatic carbocycles. The number of phenolic OH excluding ortho intramolecular Hbond substituents is 1. The molecule has 1 aromatic rings. The molecule has 0 bridgehead atoms. The van der Waals surface area contributed by atoms with Crippen LogP contribution in [0.1, 0.15) is 6.42 Å². The van der Waals surface area contributed by atoms with E-state index in [9.17, 15) is 28.4 Å². The van der Waals surface area contributed by atoms with Crippen LogP contribution in [0.2, 0.25) is 5.02 Å². The van der Waals surface area contributed by atoms with E-state index in [1.807, 2.05) is 0 Å². The number of sulfonamides is 1. The van der Waals surface area contributed by atoms with Crippen LogP contribution in [-0.4, -0.2) is 48.4 Å². The summed E-state index contributed by atoms with van der Waals surface area (Å²) in [6, 6.07) is 0.855. The molecule has 9 nitrogen and oxygen atoms in total. The monoisotopic (exact) mass is 350 g/mol. The maximum Gasteiger partial charge on any atom is 0.324 e. The number of nitrogens with zero attached hydrogens (tertiary/aromatic N) is 2. The van der Waals surface area contributed by atoms with Crippen molar-refractivity contribution in [1.82, 2.24) is 4.31 Å². The van der Waals surface area contributed by atoms with Gasteiger partial charge in [-0.15, -0.1) is 0 Å². The van der Waals surface area contributed by atoms with Gasteiger partial charge in [-0.3, -0.25) is 14.9 Å². The summed E-state index contributed by atoms with van der Waals surface area (Å²) in [5.74, 6) is -1.82. The maximum atomic E-state index is 12.5. The topological polar surface area (TPSA) is 127 Å². The Morgan fingerprint density at radius 1 is 1.55 bits per heavy atom. The zero-order valence-corrected chi connectivity index (χ0v) is 12.8. The smallest absolute Gasteiger partial charge is 0.324 e. The van der Waals surface area contributed by atoms with Gasteiger partial charge in [0.05, 0.1) is 17.1 Å². The van der Waals surface area contributed by atoms with Gasteiger partial charge in [-0.1, -0.05) is 11.6 Å². The van der Waals surface area contributed by atoms with Gasteiger partial charge in [0.25, 0.3) is 0 Å². The summed E-state index contributed by atoms with van der Waals surface area (Å²) in [6.07, 6.45) is 0.249. The summed E-state index contributed by atoms with van der Waals surface area (Å²) in [7, 11) is -3.26. The van der Waals surface area contributed by atoms with Crippen LogP contribution in [0.4, 0.5) is 5.69 Å². The van der Waals surface area contributed by atoms with Crippen molar-refractivity contribution in [3.63, 3.8) is 0 Å². The lowest BCUT2D eigenvalue weighted by Crippen LogP contribution is -2.55. The van der Waals surface area contributed by atoms with E-state index in [0.29, 0.717) is 0 Å². The predicted octanol–water partition coefficient (Wildman–Crippen LogP) is 0.890. The summed E-state index contributed by atoms with van der Waals surface area (Å²) in [5, 5.41) is 20.3. The molecule has 1 N–H and O–H groups in total. The third kappa shape index (κ3) is 2.49. The van der Waals surface area contributed by atoms with Crippen molar-refractivity contribution in [3.8, 4) is 5.75 Å². The number of hydrogen-bond donors (Lipinski definition) is 1. The Balaban J connectivity index is 2.53. The molecule has 1 unspecified atom stereocenters. The summed E-state index contributed by atoms with van der Waals surface area (Å²) in [6.45, 7) is 0.0144. The number of esters is 1. The van der Waals surface area contributed by atoms with Gasteiger partial charge < -0.3 is 9.84 Å². The van der Waals surface area contributed by atoms with E-state index in [-0.39, 0.29) is 18.0 Å². The van der Waals surface area contributed by atoms with E-state index in [1.54, 1.807) is 0 Å². The van der Waals surface area contributed by atoms with Crippen molar-refractivity contribution >= 4 is 33.3 Å². The number of halogens is 1. The number of ether oxygens (including phenoxy) is 1. The highest BCUT2D eigenvalue weighted by molar-refractivity contribution is 7.89. The van der Waals surface area contributed by atoms with Crippen LogP contribution < -0.4 is 0 Å². The molecule has 0 aromatic heterocycles. The molecule has 120 valence electrons. The van der Waals surface area contributed by atoms with Crippen LogP contribution in [0.15, 0.2) is 17.0 Å². The van der Waals surface area contributed by atoms with Gasteiger partial charge in [-0.25, -0.2) is 8.42 Å². The Labute approximate surface area is 130 Å². The maximum absolute atomic E-state index is 12.5. The number of benzene rings is 1. The molecule has 0 saturated carbocycles. The van der Waals surface area contributed by atoms with Gasteiger partial charge in [0.15, 0.2) is 0 Å².